The van der Waals surface area contributed by atoms with Gasteiger partial charge in [-0.2, -0.15) is 0 Å². The number of aromatic nitrogens is 1. The second kappa shape index (κ2) is 6.66. The number of ketones is 1. The molecule has 3 rings (SSSR count). The van der Waals surface area contributed by atoms with Crippen LogP contribution in [0.4, 0.5) is 4.39 Å². The number of pyridine rings is 1. The molecule has 0 aliphatic heterocycles. The number of fused-ring (bicyclic) bond motifs is 1. The summed E-state index contributed by atoms with van der Waals surface area (Å²) in [6.45, 7) is 3.92. The van der Waals surface area contributed by atoms with Crippen LogP contribution in [0.1, 0.15) is 36.1 Å². The number of nitrogens with zero attached hydrogens (tertiary/aromatic N) is 1. The Morgan fingerprint density at radius 3 is 2.88 bits per heavy atom. The van der Waals surface area contributed by atoms with E-state index in [0.29, 0.717) is 34.1 Å². The lowest BCUT2D eigenvalue weighted by Crippen LogP contribution is -2.35. The molecule has 1 aromatic heterocycles. The summed E-state index contributed by atoms with van der Waals surface area (Å²) in [5, 5.41) is 1.02. The van der Waals surface area contributed by atoms with Crippen molar-refractivity contribution in [3.8, 4) is 0 Å². The molecule has 124 valence electrons. The van der Waals surface area contributed by atoms with Gasteiger partial charge in [0, 0.05) is 28.2 Å². The number of Topliss-reactive ketones (excluding diaryl/α,β-unsaturated/α-hetero) is 1. The minimum atomic E-state index is -2.01. The fourth-order valence-corrected chi connectivity index (χ4v) is 3.55. The van der Waals surface area contributed by atoms with Gasteiger partial charge in [-0.15, -0.1) is 0 Å². The lowest BCUT2D eigenvalue weighted by molar-refractivity contribution is -0.131. The Morgan fingerprint density at radius 1 is 1.33 bits per heavy atom. The van der Waals surface area contributed by atoms with Crippen LogP contribution in [0.5, 0.6) is 0 Å². The van der Waals surface area contributed by atoms with E-state index in [1.54, 1.807) is 36.5 Å². The van der Waals surface area contributed by atoms with Gasteiger partial charge in [0.25, 0.3) is 0 Å². The molecule has 2 nitrogen and oxygen atoms in total. The minimum absolute atomic E-state index is 0.0681. The monoisotopic (exact) mass is 363 g/mol. The topological polar surface area (TPSA) is 30.0 Å². The first-order valence-corrected chi connectivity index (χ1v) is 8.47. The van der Waals surface area contributed by atoms with Crippen molar-refractivity contribution in [2.24, 2.45) is 0 Å². The van der Waals surface area contributed by atoms with E-state index >= 15 is 4.39 Å². The fourth-order valence-electron chi connectivity index (χ4n) is 3.04. The quantitative estimate of drug-likeness (QED) is 0.711. The highest BCUT2D eigenvalue weighted by molar-refractivity contribution is 6.35. The third kappa shape index (κ3) is 3.11. The van der Waals surface area contributed by atoms with Crippen LogP contribution in [0, 0.1) is 0 Å². The Balaban J connectivity index is 1.82. The highest BCUT2D eigenvalue weighted by atomic mass is 35.5. The van der Waals surface area contributed by atoms with Gasteiger partial charge < -0.3 is 0 Å². The molecule has 0 spiro atoms. The molecule has 24 heavy (non-hydrogen) atoms. The SMILES string of the molecule is C=C1CCC(F)(C(=O)CCc2ccc(Cl)cc2Cl)c2cccnc21. The van der Waals surface area contributed by atoms with Crippen molar-refractivity contribution in [2.45, 2.75) is 31.4 Å². The second-order valence-electron chi connectivity index (χ2n) is 5.96. The van der Waals surface area contributed by atoms with Crippen molar-refractivity contribution in [1.82, 2.24) is 4.98 Å². The van der Waals surface area contributed by atoms with Crippen LogP contribution in [-0.2, 0) is 16.9 Å². The number of halogens is 3. The number of hydrogen-bond donors (Lipinski definition) is 0. The lowest BCUT2D eigenvalue weighted by atomic mass is 9.77. The zero-order valence-electron chi connectivity index (χ0n) is 13.0. The average molecular weight is 364 g/mol. The Morgan fingerprint density at radius 2 is 2.12 bits per heavy atom. The summed E-state index contributed by atoms with van der Waals surface area (Å²) >= 11 is 12.0. The average Bonchev–Trinajstić information content (AvgIpc) is 2.57. The number of hydrogen-bond acceptors (Lipinski definition) is 2. The number of alkyl halides is 1. The van der Waals surface area contributed by atoms with Crippen molar-refractivity contribution in [3.63, 3.8) is 0 Å². The molecule has 0 amide bonds. The number of rotatable bonds is 4. The predicted octanol–water partition coefficient (Wildman–Crippen LogP) is 5.56. The van der Waals surface area contributed by atoms with E-state index in [4.69, 9.17) is 23.2 Å². The molecule has 2 aromatic rings. The molecule has 1 heterocycles. The molecule has 0 fully saturated rings. The zero-order valence-corrected chi connectivity index (χ0v) is 14.5. The summed E-state index contributed by atoms with van der Waals surface area (Å²) < 4.78 is 15.5. The molecule has 1 aliphatic carbocycles. The third-order valence-corrected chi connectivity index (χ3v) is 5.01. The molecule has 0 radical (unpaired) electrons. The van der Waals surface area contributed by atoms with Crippen molar-refractivity contribution in [1.29, 1.82) is 0 Å². The molecular weight excluding hydrogens is 348 g/mol. The minimum Gasteiger partial charge on any atom is -0.296 e. The lowest BCUT2D eigenvalue weighted by Gasteiger charge is -2.31. The standard InChI is InChI=1S/C19H16Cl2FNO/c1-12-8-9-19(22,15-3-2-10-23-18(12)15)17(24)7-5-13-4-6-14(20)11-16(13)21/h2-4,6,10-11H,1,5,7-9H2. The Kier molecular flexibility index (Phi) is 4.75. The smallest absolute Gasteiger partial charge is 0.196 e. The summed E-state index contributed by atoms with van der Waals surface area (Å²) in [4.78, 5) is 16.8. The molecule has 1 unspecified atom stereocenters. The summed E-state index contributed by atoms with van der Waals surface area (Å²) in [6, 6.07) is 8.37. The molecule has 0 saturated heterocycles. The highest BCUT2D eigenvalue weighted by Crippen LogP contribution is 2.43. The fraction of sp³-hybridized carbons (Fsp3) is 0.263. The van der Waals surface area contributed by atoms with Gasteiger partial charge >= 0.3 is 0 Å². The normalized spacial score (nSPS) is 19.9. The maximum Gasteiger partial charge on any atom is 0.196 e. The zero-order chi connectivity index (χ0) is 17.3. The molecule has 0 saturated carbocycles. The highest BCUT2D eigenvalue weighted by Gasteiger charge is 2.44. The molecule has 1 aliphatic rings. The largest absolute Gasteiger partial charge is 0.296 e. The molecule has 1 aromatic carbocycles. The van der Waals surface area contributed by atoms with Crippen LogP contribution >= 0.6 is 23.2 Å². The van der Waals surface area contributed by atoms with Gasteiger partial charge in [-0.05, 0) is 48.6 Å². The van der Waals surface area contributed by atoms with Crippen LogP contribution in [-0.4, -0.2) is 10.8 Å². The van der Waals surface area contributed by atoms with Crippen molar-refractivity contribution >= 4 is 34.6 Å². The number of aryl methyl sites for hydroxylation is 1. The first-order valence-electron chi connectivity index (χ1n) is 7.71. The van der Waals surface area contributed by atoms with Crippen molar-refractivity contribution < 1.29 is 9.18 Å². The molecule has 0 bridgehead atoms. The van der Waals surface area contributed by atoms with Gasteiger partial charge in [0.1, 0.15) is 0 Å². The van der Waals surface area contributed by atoms with E-state index < -0.39 is 11.5 Å². The summed E-state index contributed by atoms with van der Waals surface area (Å²) in [6.07, 6.45) is 2.56. The molecule has 5 heteroatoms. The van der Waals surface area contributed by atoms with E-state index in [1.807, 2.05) is 0 Å². The van der Waals surface area contributed by atoms with E-state index in [9.17, 15) is 4.79 Å². The molecule has 1 atom stereocenters. The van der Waals surface area contributed by atoms with Gasteiger partial charge in [0.2, 0.25) is 0 Å². The van der Waals surface area contributed by atoms with Crippen LogP contribution < -0.4 is 0 Å². The van der Waals surface area contributed by atoms with Crippen LogP contribution in [0.3, 0.4) is 0 Å². The van der Waals surface area contributed by atoms with E-state index in [2.05, 4.69) is 11.6 Å². The first-order chi connectivity index (χ1) is 11.4. The Bertz CT molecular complexity index is 821. The van der Waals surface area contributed by atoms with Gasteiger partial charge in [-0.25, -0.2) is 4.39 Å². The Labute approximate surface area is 150 Å². The van der Waals surface area contributed by atoms with E-state index in [-0.39, 0.29) is 12.8 Å². The summed E-state index contributed by atoms with van der Waals surface area (Å²) in [5.74, 6) is -0.449. The maximum absolute atomic E-state index is 15.5. The van der Waals surface area contributed by atoms with Gasteiger partial charge in [0.05, 0.1) is 5.69 Å². The summed E-state index contributed by atoms with van der Waals surface area (Å²) in [5.41, 5.74) is 0.374. The van der Waals surface area contributed by atoms with E-state index in [1.165, 1.54) is 0 Å². The third-order valence-electron chi connectivity index (χ3n) is 4.42. The van der Waals surface area contributed by atoms with Gasteiger partial charge in [-0.3, -0.25) is 9.78 Å². The number of carbonyl (C=O) groups is 1. The van der Waals surface area contributed by atoms with E-state index in [0.717, 1.165) is 11.1 Å². The maximum atomic E-state index is 15.5. The molecule has 0 N–H and O–H groups in total. The van der Waals surface area contributed by atoms with Gasteiger partial charge in [0.15, 0.2) is 11.5 Å². The number of carbonyl (C=O) groups excluding carboxylic acids is 1. The first kappa shape index (κ1) is 17.1. The van der Waals surface area contributed by atoms with Crippen molar-refractivity contribution in [3.05, 3.63) is 70.0 Å². The summed E-state index contributed by atoms with van der Waals surface area (Å²) in [7, 11) is 0. The van der Waals surface area contributed by atoms with Crippen LogP contribution in [0.15, 0.2) is 43.1 Å². The number of benzene rings is 1. The van der Waals surface area contributed by atoms with Crippen molar-refractivity contribution in [2.75, 3.05) is 0 Å². The Hall–Kier alpha value is -1.71. The predicted molar refractivity (Wildman–Crippen MR) is 95.1 cm³/mol. The molecular formula is C19H16Cl2FNO. The number of allylic oxidation sites excluding steroid dienone is 1. The van der Waals surface area contributed by atoms with Gasteiger partial charge in [-0.1, -0.05) is 41.9 Å². The van der Waals surface area contributed by atoms with Crippen LogP contribution in [0.2, 0.25) is 10.0 Å². The second-order valence-corrected chi connectivity index (χ2v) is 6.81. The van der Waals surface area contributed by atoms with Crippen LogP contribution in [0.25, 0.3) is 5.57 Å².